The van der Waals surface area contributed by atoms with Crippen LogP contribution < -0.4 is 10.9 Å². The van der Waals surface area contributed by atoms with Crippen LogP contribution in [0.15, 0.2) is 30.3 Å². The molecule has 0 aliphatic heterocycles. The van der Waals surface area contributed by atoms with Crippen molar-refractivity contribution in [2.24, 2.45) is 0 Å². The van der Waals surface area contributed by atoms with Crippen molar-refractivity contribution in [2.45, 2.75) is 32.8 Å². The number of hydrogen-bond donors (Lipinski definition) is 2. The van der Waals surface area contributed by atoms with Gasteiger partial charge in [-0.2, -0.15) is 0 Å². The van der Waals surface area contributed by atoms with Gasteiger partial charge in [-0.3, -0.25) is 20.4 Å². The minimum atomic E-state index is -1.03. The van der Waals surface area contributed by atoms with Crippen molar-refractivity contribution in [1.82, 2.24) is 10.9 Å². The van der Waals surface area contributed by atoms with Gasteiger partial charge in [0.05, 0.1) is 13.2 Å². The molecule has 0 aliphatic carbocycles. The van der Waals surface area contributed by atoms with Crippen molar-refractivity contribution in [3.05, 3.63) is 35.9 Å². The monoisotopic (exact) mass is 322 g/mol. The lowest BCUT2D eigenvalue weighted by atomic mass is 10.2. The van der Waals surface area contributed by atoms with Crippen LogP contribution in [0.25, 0.3) is 0 Å². The van der Waals surface area contributed by atoms with Gasteiger partial charge in [-0.1, -0.05) is 30.3 Å². The topological polar surface area (TPSA) is 93.7 Å². The van der Waals surface area contributed by atoms with Gasteiger partial charge in [0, 0.05) is 13.0 Å². The average Bonchev–Trinajstić information content (AvgIpc) is 2.57. The zero-order valence-electron chi connectivity index (χ0n) is 13.2. The third-order valence-corrected chi connectivity index (χ3v) is 2.83. The molecule has 0 atom stereocenters. The summed E-state index contributed by atoms with van der Waals surface area (Å²) in [6.45, 7) is 2.78. The summed E-state index contributed by atoms with van der Waals surface area (Å²) in [5, 5.41) is 0. The highest BCUT2D eigenvalue weighted by molar-refractivity contribution is 6.32. The number of esters is 1. The molecule has 0 radical (unpaired) electrons. The van der Waals surface area contributed by atoms with Gasteiger partial charge in [-0.05, 0) is 25.3 Å². The molecule has 126 valence electrons. The van der Waals surface area contributed by atoms with Crippen LogP contribution in [0.4, 0.5) is 0 Å². The smallest absolute Gasteiger partial charge is 0.398 e. The molecule has 7 heteroatoms. The highest BCUT2D eigenvalue weighted by atomic mass is 16.5. The van der Waals surface area contributed by atoms with E-state index in [0.717, 1.165) is 12.0 Å². The van der Waals surface area contributed by atoms with E-state index >= 15 is 0 Å². The Morgan fingerprint density at radius 2 is 1.78 bits per heavy atom. The van der Waals surface area contributed by atoms with Crippen LogP contribution in [0.1, 0.15) is 31.7 Å². The second-order valence-electron chi connectivity index (χ2n) is 4.72. The number of rotatable bonds is 8. The summed E-state index contributed by atoms with van der Waals surface area (Å²) in [6, 6.07) is 9.82. The summed E-state index contributed by atoms with van der Waals surface area (Å²) in [7, 11) is 0. The molecule has 0 saturated heterocycles. The van der Waals surface area contributed by atoms with Gasteiger partial charge in [-0.25, -0.2) is 4.79 Å². The first-order valence-electron chi connectivity index (χ1n) is 7.51. The van der Waals surface area contributed by atoms with E-state index in [0.29, 0.717) is 19.6 Å². The Kier molecular flexibility index (Phi) is 9.07. The molecule has 2 N–H and O–H groups in total. The molecule has 0 aromatic heterocycles. The summed E-state index contributed by atoms with van der Waals surface area (Å²) >= 11 is 0. The molecule has 0 heterocycles. The normalized spacial score (nSPS) is 9.96. The van der Waals surface area contributed by atoms with E-state index in [1.807, 2.05) is 35.8 Å². The Bertz CT molecular complexity index is 504. The van der Waals surface area contributed by atoms with Gasteiger partial charge in [0.25, 0.3) is 0 Å². The third-order valence-electron chi connectivity index (χ3n) is 2.83. The number of carbonyl (C=O) groups is 3. The molecule has 0 unspecified atom stereocenters. The lowest BCUT2D eigenvalue weighted by Crippen LogP contribution is -2.45. The molecule has 0 saturated carbocycles. The van der Waals surface area contributed by atoms with E-state index in [-0.39, 0.29) is 18.9 Å². The van der Waals surface area contributed by atoms with Crippen molar-refractivity contribution < 1.29 is 23.9 Å². The zero-order valence-corrected chi connectivity index (χ0v) is 13.2. The molecule has 2 amide bonds. The highest BCUT2D eigenvalue weighted by Crippen LogP contribution is 2.02. The van der Waals surface area contributed by atoms with Crippen molar-refractivity contribution in [3.8, 4) is 0 Å². The van der Waals surface area contributed by atoms with E-state index < -0.39 is 11.9 Å². The van der Waals surface area contributed by atoms with Crippen LogP contribution in [0.2, 0.25) is 0 Å². The predicted octanol–water partition coefficient (Wildman–Crippen LogP) is 1.08. The number of unbranched alkanes of at least 4 members (excludes halogenated alkanes) is 1. The number of benzene rings is 1. The van der Waals surface area contributed by atoms with E-state index in [4.69, 9.17) is 4.74 Å². The fraction of sp³-hybridized carbons (Fsp3) is 0.438. The van der Waals surface area contributed by atoms with Gasteiger partial charge in [0.15, 0.2) is 0 Å². The van der Waals surface area contributed by atoms with Gasteiger partial charge >= 0.3 is 11.9 Å². The molecule has 0 aliphatic rings. The third kappa shape index (κ3) is 8.57. The Morgan fingerprint density at radius 1 is 1.04 bits per heavy atom. The van der Waals surface area contributed by atoms with Crippen LogP contribution in [0, 0.1) is 0 Å². The fourth-order valence-corrected chi connectivity index (χ4v) is 1.69. The molecule has 1 rings (SSSR count). The highest BCUT2D eigenvalue weighted by Gasteiger charge is 2.14. The van der Waals surface area contributed by atoms with Crippen LogP contribution in [0.3, 0.4) is 0 Å². The summed E-state index contributed by atoms with van der Waals surface area (Å²) in [5.74, 6) is -2.39. The minimum absolute atomic E-state index is 0.100. The number of nitrogens with one attached hydrogen (secondary N) is 2. The number of ether oxygens (including phenoxy) is 2. The molecule has 0 bridgehead atoms. The summed E-state index contributed by atoms with van der Waals surface area (Å²) in [4.78, 5) is 33.6. The van der Waals surface area contributed by atoms with Crippen molar-refractivity contribution >= 4 is 17.8 Å². The molecule has 0 spiro atoms. The van der Waals surface area contributed by atoms with Crippen LogP contribution in [-0.4, -0.2) is 31.0 Å². The number of carbonyl (C=O) groups excluding carboxylic acids is 3. The maximum absolute atomic E-state index is 11.5. The van der Waals surface area contributed by atoms with Gasteiger partial charge in [0.2, 0.25) is 5.91 Å². The molecule has 23 heavy (non-hydrogen) atoms. The van der Waals surface area contributed by atoms with Crippen molar-refractivity contribution in [1.29, 1.82) is 0 Å². The Labute approximate surface area is 135 Å². The Morgan fingerprint density at radius 3 is 2.48 bits per heavy atom. The molecule has 1 aromatic rings. The first-order chi connectivity index (χ1) is 11.1. The van der Waals surface area contributed by atoms with Crippen LogP contribution >= 0.6 is 0 Å². The first kappa shape index (κ1) is 18.6. The van der Waals surface area contributed by atoms with Crippen LogP contribution in [0.5, 0.6) is 0 Å². The Balaban J connectivity index is 2.01. The van der Waals surface area contributed by atoms with Crippen molar-refractivity contribution in [3.63, 3.8) is 0 Å². The number of hydrazine groups is 1. The van der Waals surface area contributed by atoms with E-state index in [9.17, 15) is 14.4 Å². The predicted molar refractivity (Wildman–Crippen MR) is 82.9 cm³/mol. The molecule has 0 fully saturated rings. The lowest BCUT2D eigenvalue weighted by molar-refractivity contribution is -0.155. The quantitative estimate of drug-likeness (QED) is 0.323. The fourth-order valence-electron chi connectivity index (χ4n) is 1.69. The van der Waals surface area contributed by atoms with E-state index in [2.05, 4.69) is 10.2 Å². The second kappa shape index (κ2) is 11.2. The zero-order chi connectivity index (χ0) is 16.9. The summed E-state index contributed by atoms with van der Waals surface area (Å²) in [6.07, 6.45) is 1.58. The number of amides is 2. The molecule has 7 nitrogen and oxygen atoms in total. The largest absolute Gasteiger partial charge is 0.459 e. The molecule has 1 aromatic carbocycles. The molecular weight excluding hydrogens is 300 g/mol. The SMILES string of the molecule is CCOC(=O)C(=O)NNC(=O)CCCCOCc1ccccc1. The second-order valence-corrected chi connectivity index (χ2v) is 4.72. The maximum Gasteiger partial charge on any atom is 0.398 e. The van der Waals surface area contributed by atoms with Gasteiger partial charge in [-0.15, -0.1) is 0 Å². The first-order valence-corrected chi connectivity index (χ1v) is 7.51. The standard InChI is InChI=1S/C16H22N2O5/c1-2-23-16(21)15(20)18-17-14(19)10-6-7-11-22-12-13-8-4-3-5-9-13/h3-5,8-9H,2,6-7,10-12H2,1H3,(H,17,19)(H,18,20). The minimum Gasteiger partial charge on any atom is -0.459 e. The summed E-state index contributed by atoms with van der Waals surface area (Å²) in [5.41, 5.74) is 5.26. The molecular formula is C16H22N2O5. The van der Waals surface area contributed by atoms with Crippen molar-refractivity contribution in [2.75, 3.05) is 13.2 Å². The van der Waals surface area contributed by atoms with Gasteiger partial charge < -0.3 is 9.47 Å². The van der Waals surface area contributed by atoms with Crippen LogP contribution in [-0.2, 0) is 30.5 Å². The maximum atomic E-state index is 11.5. The lowest BCUT2D eigenvalue weighted by Gasteiger charge is -2.07. The number of hydrogen-bond acceptors (Lipinski definition) is 5. The Hall–Kier alpha value is -2.41. The van der Waals surface area contributed by atoms with Gasteiger partial charge in [0.1, 0.15) is 0 Å². The average molecular weight is 322 g/mol. The summed E-state index contributed by atoms with van der Waals surface area (Å²) < 4.78 is 9.97. The van der Waals surface area contributed by atoms with E-state index in [1.54, 1.807) is 6.92 Å². The van der Waals surface area contributed by atoms with E-state index in [1.165, 1.54) is 0 Å².